The monoisotopic (exact) mass is 204 g/mol. The quantitative estimate of drug-likeness (QED) is 0.707. The zero-order valence-electron chi connectivity index (χ0n) is 9.19. The molecule has 1 aromatic carbocycles. The van der Waals surface area contributed by atoms with Crippen molar-refractivity contribution in [2.45, 2.75) is 38.7 Å². The molecule has 0 N–H and O–H groups in total. The van der Waals surface area contributed by atoms with E-state index in [0.717, 1.165) is 18.5 Å². The van der Waals surface area contributed by atoms with E-state index in [-0.39, 0.29) is 6.10 Å². The minimum atomic E-state index is 0.289. The Hall–Kier alpha value is -1.31. The van der Waals surface area contributed by atoms with Crippen LogP contribution in [0.2, 0.25) is 0 Å². The average molecular weight is 204 g/mol. The van der Waals surface area contributed by atoms with Crippen molar-refractivity contribution in [3.63, 3.8) is 0 Å². The normalized spacial score (nSPS) is 20.5. The first kappa shape index (κ1) is 10.2. The predicted molar refractivity (Wildman–Crippen MR) is 59.3 cm³/mol. The van der Waals surface area contributed by atoms with Crippen molar-refractivity contribution in [2.75, 3.05) is 0 Å². The molecule has 1 aromatic rings. The Balaban J connectivity index is 2.23. The summed E-state index contributed by atoms with van der Waals surface area (Å²) in [6, 6.07) is 6.26. The largest absolute Gasteiger partial charge is 0.490 e. The van der Waals surface area contributed by atoms with Crippen molar-refractivity contribution < 1.29 is 9.53 Å². The van der Waals surface area contributed by atoms with Crippen LogP contribution in [0.15, 0.2) is 18.2 Å². The molecule has 0 fully saturated rings. The van der Waals surface area contributed by atoms with Crippen molar-refractivity contribution in [3.8, 4) is 5.75 Å². The summed E-state index contributed by atoms with van der Waals surface area (Å²) in [5, 5.41) is 0. The van der Waals surface area contributed by atoms with Crippen molar-refractivity contribution in [3.05, 3.63) is 29.3 Å². The summed E-state index contributed by atoms with van der Waals surface area (Å²) in [7, 11) is 0. The topological polar surface area (TPSA) is 26.3 Å². The Labute approximate surface area is 90.3 Å². The van der Waals surface area contributed by atoms with E-state index in [2.05, 4.69) is 26.0 Å². The van der Waals surface area contributed by atoms with Gasteiger partial charge in [-0.1, -0.05) is 19.1 Å². The molecule has 2 rings (SSSR count). The highest BCUT2D eigenvalue weighted by atomic mass is 16.5. The average Bonchev–Trinajstić information content (AvgIpc) is 2.57. The highest BCUT2D eigenvalue weighted by Crippen LogP contribution is 2.31. The van der Waals surface area contributed by atoms with E-state index < -0.39 is 0 Å². The lowest BCUT2D eigenvalue weighted by Crippen LogP contribution is -2.05. The maximum Gasteiger partial charge on any atom is 0.123 e. The van der Waals surface area contributed by atoms with Crippen LogP contribution >= 0.6 is 0 Å². The van der Waals surface area contributed by atoms with E-state index in [4.69, 9.17) is 4.74 Å². The smallest absolute Gasteiger partial charge is 0.123 e. The molecular weight excluding hydrogens is 188 g/mol. The van der Waals surface area contributed by atoms with Crippen LogP contribution in [-0.4, -0.2) is 12.4 Å². The third kappa shape index (κ3) is 2.04. The molecule has 0 aromatic heterocycles. The number of aldehydes is 1. The number of carbonyl (C=O) groups is 1. The lowest BCUT2D eigenvalue weighted by Gasteiger charge is -2.09. The Bertz CT molecular complexity index is 371. The molecule has 15 heavy (non-hydrogen) atoms. The fourth-order valence-corrected chi connectivity index (χ4v) is 2.03. The van der Waals surface area contributed by atoms with Gasteiger partial charge in [-0.15, -0.1) is 0 Å². The van der Waals surface area contributed by atoms with Gasteiger partial charge < -0.3 is 9.53 Å². The third-order valence-corrected chi connectivity index (χ3v) is 2.94. The van der Waals surface area contributed by atoms with Crippen LogP contribution in [0.4, 0.5) is 0 Å². The van der Waals surface area contributed by atoms with Gasteiger partial charge in [-0.2, -0.15) is 0 Å². The minimum absolute atomic E-state index is 0.289. The molecule has 0 bridgehead atoms. The van der Waals surface area contributed by atoms with Gasteiger partial charge in [-0.05, 0) is 30.0 Å². The molecule has 0 spiro atoms. The van der Waals surface area contributed by atoms with Gasteiger partial charge in [-0.25, -0.2) is 0 Å². The molecule has 1 aliphatic rings. The summed E-state index contributed by atoms with van der Waals surface area (Å²) in [6.45, 7) is 4.16. The Morgan fingerprint density at radius 1 is 1.60 bits per heavy atom. The number of carbonyl (C=O) groups excluding carboxylic acids is 1. The van der Waals surface area contributed by atoms with Gasteiger partial charge in [0.25, 0.3) is 0 Å². The van der Waals surface area contributed by atoms with Gasteiger partial charge in [0.15, 0.2) is 0 Å². The summed E-state index contributed by atoms with van der Waals surface area (Å²) in [5.41, 5.74) is 2.51. The van der Waals surface area contributed by atoms with Crippen LogP contribution in [0.1, 0.15) is 37.3 Å². The maximum atomic E-state index is 10.4. The second-order valence-corrected chi connectivity index (χ2v) is 4.30. The zero-order chi connectivity index (χ0) is 10.8. The highest BCUT2D eigenvalue weighted by Gasteiger charge is 2.19. The molecule has 2 atom stereocenters. The van der Waals surface area contributed by atoms with Crippen LogP contribution in [0.25, 0.3) is 0 Å². The number of hydrogen-bond acceptors (Lipinski definition) is 2. The SMILES string of the molecule is CC1Cc2cc(C(C)CC=O)ccc2O1. The lowest BCUT2D eigenvalue weighted by atomic mass is 9.96. The number of benzene rings is 1. The number of rotatable bonds is 3. The summed E-state index contributed by atoms with van der Waals surface area (Å²) in [5.74, 6) is 1.31. The summed E-state index contributed by atoms with van der Waals surface area (Å²) in [4.78, 5) is 10.4. The molecule has 0 saturated heterocycles. The van der Waals surface area contributed by atoms with Gasteiger partial charge in [0.2, 0.25) is 0 Å². The van der Waals surface area contributed by atoms with Crippen LogP contribution in [0, 0.1) is 0 Å². The van der Waals surface area contributed by atoms with Crippen LogP contribution < -0.4 is 4.74 Å². The molecule has 2 heteroatoms. The highest BCUT2D eigenvalue weighted by molar-refractivity contribution is 5.52. The second-order valence-electron chi connectivity index (χ2n) is 4.30. The first-order valence-electron chi connectivity index (χ1n) is 5.44. The number of ether oxygens (including phenoxy) is 1. The molecule has 80 valence electrons. The van der Waals surface area contributed by atoms with Crippen molar-refractivity contribution >= 4 is 6.29 Å². The maximum absolute atomic E-state index is 10.4. The van der Waals surface area contributed by atoms with E-state index in [1.165, 1.54) is 11.1 Å². The van der Waals surface area contributed by atoms with Crippen molar-refractivity contribution in [1.82, 2.24) is 0 Å². The van der Waals surface area contributed by atoms with E-state index in [1.807, 2.05) is 6.07 Å². The van der Waals surface area contributed by atoms with Crippen LogP contribution in [-0.2, 0) is 11.2 Å². The first-order chi connectivity index (χ1) is 7.20. The Morgan fingerprint density at radius 2 is 2.40 bits per heavy atom. The summed E-state index contributed by atoms with van der Waals surface area (Å²) >= 11 is 0. The third-order valence-electron chi connectivity index (χ3n) is 2.94. The van der Waals surface area contributed by atoms with Crippen LogP contribution in [0.3, 0.4) is 0 Å². The van der Waals surface area contributed by atoms with E-state index in [0.29, 0.717) is 12.3 Å². The molecule has 2 unspecified atom stereocenters. The summed E-state index contributed by atoms with van der Waals surface area (Å²) < 4.78 is 5.63. The number of fused-ring (bicyclic) bond motifs is 1. The Kier molecular flexibility index (Phi) is 2.76. The first-order valence-corrected chi connectivity index (χ1v) is 5.44. The molecule has 0 amide bonds. The molecule has 1 aliphatic heterocycles. The van der Waals surface area contributed by atoms with Crippen molar-refractivity contribution in [1.29, 1.82) is 0 Å². The van der Waals surface area contributed by atoms with Gasteiger partial charge in [0, 0.05) is 12.8 Å². The second kappa shape index (κ2) is 4.05. The van der Waals surface area contributed by atoms with Gasteiger partial charge >= 0.3 is 0 Å². The molecule has 0 aliphatic carbocycles. The lowest BCUT2D eigenvalue weighted by molar-refractivity contribution is -0.108. The molecule has 0 saturated carbocycles. The minimum Gasteiger partial charge on any atom is -0.490 e. The van der Waals surface area contributed by atoms with E-state index in [9.17, 15) is 4.79 Å². The fourth-order valence-electron chi connectivity index (χ4n) is 2.03. The van der Waals surface area contributed by atoms with Gasteiger partial charge in [0.05, 0.1) is 0 Å². The molecule has 2 nitrogen and oxygen atoms in total. The molecule has 1 heterocycles. The van der Waals surface area contributed by atoms with E-state index >= 15 is 0 Å². The standard InChI is InChI=1S/C13H16O2/c1-9(5-6-14)11-3-4-13-12(8-11)7-10(2)15-13/h3-4,6,8-10H,5,7H2,1-2H3. The van der Waals surface area contributed by atoms with Crippen molar-refractivity contribution in [2.24, 2.45) is 0 Å². The predicted octanol–water partition coefficient (Wildman–Crippen LogP) is 2.70. The molecular formula is C13H16O2. The van der Waals surface area contributed by atoms with E-state index in [1.54, 1.807) is 0 Å². The van der Waals surface area contributed by atoms with Crippen LogP contribution in [0.5, 0.6) is 5.75 Å². The van der Waals surface area contributed by atoms with Gasteiger partial charge in [0.1, 0.15) is 18.1 Å². The van der Waals surface area contributed by atoms with Gasteiger partial charge in [-0.3, -0.25) is 0 Å². The fraction of sp³-hybridized carbons (Fsp3) is 0.462. The molecule has 0 radical (unpaired) electrons. The Morgan fingerprint density at radius 3 is 3.13 bits per heavy atom. The summed E-state index contributed by atoms with van der Waals surface area (Å²) in [6.07, 6.45) is 2.85. The zero-order valence-corrected chi connectivity index (χ0v) is 9.19. The number of hydrogen-bond donors (Lipinski definition) is 0.